The molecule has 0 amide bonds. The molecule has 0 spiro atoms. The molecule has 6 nitrogen and oxygen atoms in total. The second-order valence-corrected chi connectivity index (χ2v) is 6.85. The lowest BCUT2D eigenvalue weighted by molar-refractivity contribution is -0.142. The number of ether oxygens (including phenoxy) is 2. The molecule has 26 heavy (non-hydrogen) atoms. The van der Waals surface area contributed by atoms with Gasteiger partial charge in [0, 0.05) is 43.8 Å². The Morgan fingerprint density at radius 2 is 2.23 bits per heavy atom. The van der Waals surface area contributed by atoms with E-state index in [2.05, 4.69) is 22.4 Å². The lowest BCUT2D eigenvalue weighted by Gasteiger charge is -2.17. The highest BCUT2D eigenvalue weighted by molar-refractivity contribution is 5.66. The van der Waals surface area contributed by atoms with Gasteiger partial charge < -0.3 is 14.8 Å². The molecule has 136 valence electrons. The number of hydrogen-bond acceptors (Lipinski definition) is 6. The van der Waals surface area contributed by atoms with Gasteiger partial charge in [-0.25, -0.2) is 4.98 Å². The third-order valence-electron chi connectivity index (χ3n) is 4.78. The molecule has 2 unspecified atom stereocenters. The van der Waals surface area contributed by atoms with E-state index in [9.17, 15) is 4.79 Å². The molecule has 2 aliphatic rings. The molecule has 4 rings (SSSR count). The number of pyridine rings is 2. The van der Waals surface area contributed by atoms with Gasteiger partial charge in [0.2, 0.25) is 5.88 Å². The number of rotatable bonds is 6. The van der Waals surface area contributed by atoms with E-state index in [1.54, 1.807) is 0 Å². The topological polar surface area (TPSA) is 73.3 Å². The molecule has 2 aromatic heterocycles. The number of aryl methyl sites for hydroxylation is 1. The Morgan fingerprint density at radius 3 is 3.04 bits per heavy atom. The number of aromatic nitrogens is 2. The maximum absolute atomic E-state index is 11.0. The number of nitrogens with zero attached hydrogens (tertiary/aromatic N) is 2. The predicted octanol–water partition coefficient (Wildman–Crippen LogP) is 2.88. The van der Waals surface area contributed by atoms with Gasteiger partial charge >= 0.3 is 5.97 Å². The van der Waals surface area contributed by atoms with E-state index in [0.717, 1.165) is 54.9 Å². The Kier molecular flexibility index (Phi) is 4.73. The average molecular weight is 353 g/mol. The fourth-order valence-corrected chi connectivity index (χ4v) is 3.34. The van der Waals surface area contributed by atoms with Crippen molar-refractivity contribution in [3.63, 3.8) is 0 Å². The summed E-state index contributed by atoms with van der Waals surface area (Å²) in [5, 5.41) is 3.37. The van der Waals surface area contributed by atoms with E-state index in [-0.39, 0.29) is 18.0 Å². The van der Waals surface area contributed by atoms with Crippen molar-refractivity contribution < 1.29 is 14.3 Å². The van der Waals surface area contributed by atoms with Crippen molar-refractivity contribution in [1.82, 2.24) is 9.97 Å². The molecule has 1 fully saturated rings. The van der Waals surface area contributed by atoms with E-state index in [1.165, 1.54) is 6.92 Å². The van der Waals surface area contributed by atoms with Gasteiger partial charge in [0.15, 0.2) is 0 Å². The lowest BCUT2D eigenvalue weighted by Crippen LogP contribution is -2.14. The summed E-state index contributed by atoms with van der Waals surface area (Å²) in [5.74, 6) is 0.656. The maximum Gasteiger partial charge on any atom is 0.302 e. The van der Waals surface area contributed by atoms with Crippen LogP contribution in [0.5, 0.6) is 5.88 Å². The molecule has 1 aliphatic carbocycles. The number of nitrogens with one attached hydrogen (secondary N) is 1. The Hall–Kier alpha value is -2.63. The first-order valence-corrected chi connectivity index (χ1v) is 9.17. The Bertz CT molecular complexity index is 791. The minimum atomic E-state index is -0.225. The van der Waals surface area contributed by atoms with Crippen LogP contribution in [-0.2, 0) is 22.4 Å². The van der Waals surface area contributed by atoms with Crippen LogP contribution in [0.15, 0.2) is 30.5 Å². The van der Waals surface area contributed by atoms with Gasteiger partial charge in [-0.15, -0.1) is 0 Å². The summed E-state index contributed by atoms with van der Waals surface area (Å²) < 4.78 is 11.0. The zero-order valence-electron chi connectivity index (χ0n) is 14.9. The first-order valence-electron chi connectivity index (χ1n) is 9.17. The van der Waals surface area contributed by atoms with Gasteiger partial charge in [-0.1, -0.05) is 6.07 Å². The normalized spacial score (nSPS) is 20.7. The molecule has 0 bridgehead atoms. The van der Waals surface area contributed by atoms with Gasteiger partial charge in [0.25, 0.3) is 0 Å². The number of esters is 1. The summed E-state index contributed by atoms with van der Waals surface area (Å²) in [5.41, 5.74) is 4.45. The lowest BCUT2D eigenvalue weighted by atomic mass is 10.1. The fraction of sp³-hybridized carbons (Fsp3) is 0.450. The molecular formula is C20H23N3O3. The fourth-order valence-electron chi connectivity index (χ4n) is 3.34. The predicted molar refractivity (Wildman–Crippen MR) is 97.4 cm³/mol. The van der Waals surface area contributed by atoms with Gasteiger partial charge in [-0.3, -0.25) is 9.78 Å². The van der Waals surface area contributed by atoms with Crippen molar-refractivity contribution in [3.05, 3.63) is 47.4 Å². The van der Waals surface area contributed by atoms with E-state index < -0.39 is 0 Å². The number of fused-ring (bicyclic) bond motifs is 1. The summed E-state index contributed by atoms with van der Waals surface area (Å²) >= 11 is 0. The molecule has 0 saturated heterocycles. The van der Waals surface area contributed by atoms with Gasteiger partial charge in [0.05, 0.1) is 18.0 Å². The third-order valence-corrected chi connectivity index (χ3v) is 4.78. The van der Waals surface area contributed by atoms with Crippen LogP contribution in [0.2, 0.25) is 0 Å². The first kappa shape index (κ1) is 16.8. The van der Waals surface area contributed by atoms with Crippen LogP contribution in [0.1, 0.15) is 42.6 Å². The third kappa shape index (κ3) is 3.95. The molecule has 0 radical (unpaired) electrons. The minimum absolute atomic E-state index is 0.00522. The van der Waals surface area contributed by atoms with Crippen LogP contribution < -0.4 is 10.1 Å². The largest absolute Gasteiger partial charge is 0.477 e. The van der Waals surface area contributed by atoms with E-state index >= 15 is 0 Å². The number of carbonyl (C=O) groups is 1. The average Bonchev–Trinajstić information content (AvgIpc) is 3.40. The molecule has 0 aromatic carbocycles. The second-order valence-electron chi connectivity index (χ2n) is 6.85. The van der Waals surface area contributed by atoms with Crippen molar-refractivity contribution in [3.8, 4) is 5.88 Å². The van der Waals surface area contributed by atoms with Crippen molar-refractivity contribution in [1.29, 1.82) is 0 Å². The van der Waals surface area contributed by atoms with E-state index in [0.29, 0.717) is 12.5 Å². The highest BCUT2D eigenvalue weighted by atomic mass is 16.5. The Balaban J connectivity index is 1.27. The van der Waals surface area contributed by atoms with Crippen LogP contribution >= 0.6 is 0 Å². The van der Waals surface area contributed by atoms with Gasteiger partial charge in [-0.2, -0.15) is 0 Å². The van der Waals surface area contributed by atoms with Crippen LogP contribution in [-0.4, -0.2) is 35.2 Å². The zero-order chi connectivity index (χ0) is 17.9. The highest BCUT2D eigenvalue weighted by Crippen LogP contribution is 2.43. The smallest absolute Gasteiger partial charge is 0.302 e. The second kappa shape index (κ2) is 7.32. The van der Waals surface area contributed by atoms with Crippen LogP contribution in [0.3, 0.4) is 0 Å². The molecule has 2 aromatic rings. The molecule has 6 heteroatoms. The summed E-state index contributed by atoms with van der Waals surface area (Å²) in [6, 6.07) is 8.04. The van der Waals surface area contributed by atoms with E-state index in [4.69, 9.17) is 14.5 Å². The summed E-state index contributed by atoms with van der Waals surface area (Å²) in [6.45, 7) is 3.02. The quantitative estimate of drug-likeness (QED) is 0.805. The first-order chi connectivity index (χ1) is 12.7. The standard InChI is InChI=1S/C20H23N3O3/c1-13(24)26-19-11-16(19)14-4-7-20(22-12-14)25-10-8-15-5-6-17-18(23-15)3-2-9-21-17/h4-7,12,16,19,21H,2-3,8-11H2,1H3. The van der Waals surface area contributed by atoms with Crippen LogP contribution in [0, 0.1) is 0 Å². The van der Waals surface area contributed by atoms with E-state index in [1.807, 2.05) is 18.3 Å². The molecule has 1 aliphatic heterocycles. The summed E-state index contributed by atoms with van der Waals surface area (Å²) in [6.07, 6.45) is 5.62. The van der Waals surface area contributed by atoms with Crippen molar-refractivity contribution in [2.75, 3.05) is 18.5 Å². The highest BCUT2D eigenvalue weighted by Gasteiger charge is 2.41. The molecule has 1 saturated carbocycles. The molecule has 1 N–H and O–H groups in total. The van der Waals surface area contributed by atoms with Crippen LogP contribution in [0.4, 0.5) is 5.69 Å². The number of hydrogen-bond donors (Lipinski definition) is 1. The minimum Gasteiger partial charge on any atom is -0.477 e. The van der Waals surface area contributed by atoms with Crippen molar-refractivity contribution >= 4 is 11.7 Å². The monoisotopic (exact) mass is 353 g/mol. The summed E-state index contributed by atoms with van der Waals surface area (Å²) in [4.78, 5) is 20.1. The SMILES string of the molecule is CC(=O)OC1CC1c1ccc(OCCc2ccc3c(n2)CCCN3)nc1. The maximum atomic E-state index is 11.0. The van der Waals surface area contributed by atoms with Crippen LogP contribution in [0.25, 0.3) is 0 Å². The Morgan fingerprint density at radius 1 is 1.31 bits per heavy atom. The Labute approximate surface area is 153 Å². The van der Waals surface area contributed by atoms with Gasteiger partial charge in [0.1, 0.15) is 6.10 Å². The molecule has 2 atom stereocenters. The molecule has 3 heterocycles. The van der Waals surface area contributed by atoms with Crippen molar-refractivity contribution in [2.24, 2.45) is 0 Å². The zero-order valence-corrected chi connectivity index (χ0v) is 14.9. The number of carbonyl (C=O) groups excluding carboxylic acids is 1. The van der Waals surface area contributed by atoms with Crippen molar-refractivity contribution in [2.45, 2.75) is 44.6 Å². The number of anilines is 1. The summed E-state index contributed by atoms with van der Waals surface area (Å²) in [7, 11) is 0. The van der Waals surface area contributed by atoms with Gasteiger partial charge in [-0.05, 0) is 37.0 Å². The molecular weight excluding hydrogens is 330 g/mol.